The van der Waals surface area contributed by atoms with Gasteiger partial charge < -0.3 is 0 Å². The number of alkyl halides is 1. The van der Waals surface area contributed by atoms with Crippen LogP contribution >= 0.6 is 11.6 Å². The van der Waals surface area contributed by atoms with Gasteiger partial charge in [-0.2, -0.15) is 5.10 Å². The fraction of sp³-hybridized carbons (Fsp3) is 0.375. The molecule has 2 nitrogen and oxygen atoms in total. The first-order valence-corrected chi connectivity index (χ1v) is 4.16. The summed E-state index contributed by atoms with van der Waals surface area (Å²) in [6.45, 7) is 2.96. The van der Waals surface area contributed by atoms with E-state index < -0.39 is 0 Å². The van der Waals surface area contributed by atoms with Gasteiger partial charge in [-0.05, 0) is 19.1 Å². The van der Waals surface area contributed by atoms with Gasteiger partial charge in [-0.25, -0.2) is 0 Å². The Labute approximate surface area is 71.5 Å². The van der Waals surface area contributed by atoms with E-state index in [4.69, 9.17) is 11.6 Å². The molecule has 1 aromatic rings. The first kappa shape index (κ1) is 8.34. The van der Waals surface area contributed by atoms with E-state index in [-0.39, 0.29) is 0 Å². The number of hydrogen-bond acceptors (Lipinski definition) is 1. The van der Waals surface area contributed by atoms with Crippen LogP contribution < -0.4 is 0 Å². The maximum Gasteiger partial charge on any atom is 0.0606 e. The third kappa shape index (κ3) is 2.09. The maximum absolute atomic E-state index is 5.50. The second-order valence-corrected chi connectivity index (χ2v) is 2.44. The highest BCUT2D eigenvalue weighted by Crippen LogP contribution is 2.01. The summed E-state index contributed by atoms with van der Waals surface area (Å²) in [5.41, 5.74) is 1.10. The van der Waals surface area contributed by atoms with Crippen LogP contribution in [0.15, 0.2) is 18.3 Å². The predicted molar refractivity (Wildman–Crippen MR) is 47.7 cm³/mol. The Kier molecular flexibility index (Phi) is 3.17. The Balaban J connectivity index is 2.76. The molecule has 0 atom stereocenters. The van der Waals surface area contributed by atoms with Crippen LogP contribution in [0.2, 0.25) is 0 Å². The third-order valence-electron chi connectivity index (χ3n) is 1.43. The quantitative estimate of drug-likeness (QED) is 0.636. The molecule has 0 bridgehead atoms. The van der Waals surface area contributed by atoms with Crippen molar-refractivity contribution in [2.24, 2.45) is 0 Å². The smallest absolute Gasteiger partial charge is 0.0606 e. The summed E-state index contributed by atoms with van der Waals surface area (Å²) in [4.78, 5) is 0. The molecule has 1 heterocycles. The molecule has 0 radical (unpaired) electrons. The fourth-order valence-electron chi connectivity index (χ4n) is 0.914. The van der Waals surface area contributed by atoms with Crippen molar-refractivity contribution in [1.29, 1.82) is 0 Å². The summed E-state index contributed by atoms with van der Waals surface area (Å²) in [6.07, 6.45) is 5.67. The highest BCUT2D eigenvalue weighted by Gasteiger charge is 1.93. The van der Waals surface area contributed by atoms with Gasteiger partial charge in [0, 0.05) is 18.6 Å². The van der Waals surface area contributed by atoms with Crippen molar-refractivity contribution >= 4 is 17.7 Å². The first-order valence-electron chi connectivity index (χ1n) is 3.62. The second-order valence-electron chi connectivity index (χ2n) is 2.13. The van der Waals surface area contributed by atoms with Gasteiger partial charge in [0.1, 0.15) is 0 Å². The van der Waals surface area contributed by atoms with Crippen molar-refractivity contribution in [1.82, 2.24) is 9.78 Å². The van der Waals surface area contributed by atoms with E-state index in [0.29, 0.717) is 5.88 Å². The van der Waals surface area contributed by atoms with Gasteiger partial charge in [0.2, 0.25) is 0 Å². The van der Waals surface area contributed by atoms with E-state index in [1.807, 2.05) is 22.9 Å². The molecule has 0 aliphatic heterocycles. The van der Waals surface area contributed by atoms with E-state index in [1.54, 1.807) is 6.20 Å². The Morgan fingerprint density at radius 1 is 1.73 bits per heavy atom. The van der Waals surface area contributed by atoms with E-state index in [1.165, 1.54) is 0 Å². The van der Waals surface area contributed by atoms with Crippen molar-refractivity contribution in [2.75, 3.05) is 5.88 Å². The van der Waals surface area contributed by atoms with Gasteiger partial charge in [-0.15, -0.1) is 11.6 Å². The van der Waals surface area contributed by atoms with Crippen LogP contribution in [-0.4, -0.2) is 15.7 Å². The molecule has 0 saturated heterocycles. The summed E-state index contributed by atoms with van der Waals surface area (Å²) < 4.78 is 1.92. The van der Waals surface area contributed by atoms with Crippen LogP contribution in [-0.2, 0) is 6.54 Å². The Morgan fingerprint density at radius 2 is 2.55 bits per heavy atom. The standard InChI is InChI=1S/C8H11ClN2/c1-2-11-8(4-3-6-9)5-7-10-11/h3-5,7H,2,6H2,1H3/b4-3+. The number of aryl methyl sites for hydroxylation is 1. The van der Waals surface area contributed by atoms with Gasteiger partial charge in [-0.3, -0.25) is 4.68 Å². The van der Waals surface area contributed by atoms with E-state index in [9.17, 15) is 0 Å². The zero-order valence-electron chi connectivity index (χ0n) is 6.50. The van der Waals surface area contributed by atoms with Gasteiger partial charge >= 0.3 is 0 Å². The van der Waals surface area contributed by atoms with E-state index >= 15 is 0 Å². The lowest BCUT2D eigenvalue weighted by molar-refractivity contribution is 0.654. The molecule has 0 N–H and O–H groups in total. The largest absolute Gasteiger partial charge is 0.266 e. The molecule has 0 saturated carbocycles. The zero-order valence-corrected chi connectivity index (χ0v) is 7.25. The number of nitrogens with zero attached hydrogens (tertiary/aromatic N) is 2. The van der Waals surface area contributed by atoms with E-state index in [2.05, 4.69) is 12.0 Å². The molecule has 0 unspecified atom stereocenters. The van der Waals surface area contributed by atoms with Crippen LogP contribution in [0.3, 0.4) is 0 Å². The highest BCUT2D eigenvalue weighted by atomic mass is 35.5. The lowest BCUT2D eigenvalue weighted by Crippen LogP contribution is -1.97. The minimum atomic E-state index is 0.550. The minimum absolute atomic E-state index is 0.550. The summed E-state index contributed by atoms with van der Waals surface area (Å²) in [7, 11) is 0. The molecule has 0 fully saturated rings. The molecule has 1 rings (SSSR count). The van der Waals surface area contributed by atoms with Crippen molar-refractivity contribution < 1.29 is 0 Å². The SMILES string of the molecule is CCn1nccc1/C=C/CCl. The normalized spacial score (nSPS) is 11.1. The van der Waals surface area contributed by atoms with Crippen LogP contribution in [0.4, 0.5) is 0 Å². The number of hydrogen-bond donors (Lipinski definition) is 0. The van der Waals surface area contributed by atoms with Crippen LogP contribution in [0.5, 0.6) is 0 Å². The molecular weight excluding hydrogens is 160 g/mol. The molecular formula is C8H11ClN2. The molecule has 0 aliphatic carbocycles. The van der Waals surface area contributed by atoms with Gasteiger partial charge in [0.15, 0.2) is 0 Å². The Hall–Kier alpha value is -0.760. The van der Waals surface area contributed by atoms with Crippen LogP contribution in [0.1, 0.15) is 12.6 Å². The lowest BCUT2D eigenvalue weighted by Gasteiger charge is -1.97. The predicted octanol–water partition coefficient (Wildman–Crippen LogP) is 2.16. The molecule has 0 spiro atoms. The molecule has 3 heteroatoms. The molecule has 60 valence electrons. The van der Waals surface area contributed by atoms with E-state index in [0.717, 1.165) is 12.2 Å². The summed E-state index contributed by atoms with van der Waals surface area (Å²) in [5, 5.41) is 4.11. The number of aromatic nitrogens is 2. The van der Waals surface area contributed by atoms with Gasteiger partial charge in [0.25, 0.3) is 0 Å². The van der Waals surface area contributed by atoms with Crippen molar-refractivity contribution in [3.8, 4) is 0 Å². The average Bonchev–Trinajstić information content (AvgIpc) is 2.47. The number of rotatable bonds is 3. The average molecular weight is 171 g/mol. The minimum Gasteiger partial charge on any atom is -0.266 e. The third-order valence-corrected chi connectivity index (χ3v) is 1.60. The monoisotopic (exact) mass is 170 g/mol. The fourth-order valence-corrected chi connectivity index (χ4v) is 1.00. The lowest BCUT2D eigenvalue weighted by atomic mass is 10.4. The maximum atomic E-state index is 5.50. The molecule has 0 amide bonds. The second kappa shape index (κ2) is 4.19. The van der Waals surface area contributed by atoms with Crippen molar-refractivity contribution in [2.45, 2.75) is 13.5 Å². The van der Waals surface area contributed by atoms with Gasteiger partial charge in [0.05, 0.1) is 5.69 Å². The van der Waals surface area contributed by atoms with Gasteiger partial charge in [-0.1, -0.05) is 6.08 Å². The summed E-state index contributed by atoms with van der Waals surface area (Å²) >= 11 is 5.50. The van der Waals surface area contributed by atoms with Crippen LogP contribution in [0, 0.1) is 0 Å². The Bertz CT molecular complexity index is 240. The molecule has 1 aromatic heterocycles. The molecule has 0 aliphatic rings. The van der Waals surface area contributed by atoms with Crippen molar-refractivity contribution in [3.63, 3.8) is 0 Å². The number of allylic oxidation sites excluding steroid dienone is 1. The molecule has 0 aromatic carbocycles. The van der Waals surface area contributed by atoms with Crippen molar-refractivity contribution in [3.05, 3.63) is 24.0 Å². The number of halogens is 1. The zero-order chi connectivity index (χ0) is 8.10. The Morgan fingerprint density at radius 3 is 3.18 bits per heavy atom. The highest BCUT2D eigenvalue weighted by molar-refractivity contribution is 6.19. The molecule has 11 heavy (non-hydrogen) atoms. The summed E-state index contributed by atoms with van der Waals surface area (Å²) in [6, 6.07) is 1.96. The first-order chi connectivity index (χ1) is 5.38. The van der Waals surface area contributed by atoms with Crippen LogP contribution in [0.25, 0.3) is 6.08 Å². The topological polar surface area (TPSA) is 17.8 Å². The summed E-state index contributed by atoms with van der Waals surface area (Å²) in [5.74, 6) is 0.550.